The van der Waals surface area contributed by atoms with Gasteiger partial charge in [0.05, 0.1) is 16.8 Å². The number of fused-ring (bicyclic) bond motifs is 1. The summed E-state index contributed by atoms with van der Waals surface area (Å²) >= 11 is 7.52. The van der Waals surface area contributed by atoms with Gasteiger partial charge in [0.1, 0.15) is 0 Å². The first-order chi connectivity index (χ1) is 12.1. The zero-order valence-corrected chi connectivity index (χ0v) is 15.7. The number of rotatable bonds is 6. The number of carbonyl (C=O) groups is 1. The highest BCUT2D eigenvalue weighted by Gasteiger charge is 2.11. The molecule has 0 aliphatic carbocycles. The van der Waals surface area contributed by atoms with Gasteiger partial charge in [-0.25, -0.2) is 0 Å². The molecule has 0 saturated heterocycles. The van der Waals surface area contributed by atoms with Crippen molar-refractivity contribution < 1.29 is 9.53 Å². The molecule has 2 heterocycles. The van der Waals surface area contributed by atoms with E-state index < -0.39 is 0 Å². The van der Waals surface area contributed by atoms with E-state index in [0.717, 1.165) is 10.2 Å². The Kier molecular flexibility index (Phi) is 5.67. The maximum Gasteiger partial charge on any atom is 0.300 e. The lowest BCUT2D eigenvalue weighted by molar-refractivity contribution is 0.0991. The summed E-state index contributed by atoms with van der Waals surface area (Å²) in [6.45, 7) is 6.45. The summed E-state index contributed by atoms with van der Waals surface area (Å²) in [7, 11) is 0. The smallest absolute Gasteiger partial charge is 0.300 e. The predicted octanol–water partition coefficient (Wildman–Crippen LogP) is 3.35. The maximum absolute atomic E-state index is 12.5. The van der Waals surface area contributed by atoms with Crippen molar-refractivity contribution >= 4 is 39.1 Å². The van der Waals surface area contributed by atoms with E-state index in [1.165, 1.54) is 11.3 Å². The van der Waals surface area contributed by atoms with E-state index in [2.05, 4.69) is 10.1 Å². The summed E-state index contributed by atoms with van der Waals surface area (Å²) in [5, 5.41) is 4.88. The average molecular weight is 379 g/mol. The molecular formula is C17H19ClN4O2S. The number of carbonyl (C=O) groups excluding carboxylic acids is 1. The van der Waals surface area contributed by atoms with Gasteiger partial charge in [0.25, 0.3) is 5.91 Å². The molecule has 0 aliphatic heterocycles. The summed E-state index contributed by atoms with van der Waals surface area (Å²) in [5.41, 5.74) is 1.33. The van der Waals surface area contributed by atoms with Crippen molar-refractivity contribution in [2.24, 2.45) is 4.99 Å². The lowest BCUT2D eigenvalue weighted by Gasteiger charge is -2.05. The molecule has 0 N–H and O–H groups in total. The molecule has 2 aromatic heterocycles. The second-order valence-corrected chi connectivity index (χ2v) is 6.76. The largest absolute Gasteiger partial charge is 0.380 e. The monoisotopic (exact) mass is 378 g/mol. The zero-order chi connectivity index (χ0) is 17.8. The normalized spacial score (nSPS) is 12.2. The SMILES string of the molecule is CCOCCn1c(=NC(=O)c2ccn(CC)n2)sc2cc(Cl)ccc21. The van der Waals surface area contributed by atoms with Crippen molar-refractivity contribution in [3.63, 3.8) is 0 Å². The van der Waals surface area contributed by atoms with Crippen LogP contribution in [0.3, 0.4) is 0 Å². The fourth-order valence-electron chi connectivity index (χ4n) is 2.44. The summed E-state index contributed by atoms with van der Waals surface area (Å²) in [4.78, 5) is 17.4. The number of halogens is 1. The first kappa shape index (κ1) is 17.8. The van der Waals surface area contributed by atoms with Gasteiger partial charge in [0.2, 0.25) is 0 Å². The van der Waals surface area contributed by atoms with Crippen molar-refractivity contribution in [2.75, 3.05) is 13.2 Å². The number of thiazole rings is 1. The van der Waals surface area contributed by atoms with Crippen LogP contribution in [0.5, 0.6) is 0 Å². The van der Waals surface area contributed by atoms with Crippen molar-refractivity contribution in [3.05, 3.63) is 46.0 Å². The van der Waals surface area contributed by atoms with E-state index in [1.54, 1.807) is 16.9 Å². The van der Waals surface area contributed by atoms with Crippen LogP contribution >= 0.6 is 22.9 Å². The quantitative estimate of drug-likeness (QED) is 0.618. The number of hydrogen-bond acceptors (Lipinski definition) is 4. The molecule has 3 aromatic rings. The third kappa shape index (κ3) is 4.00. The van der Waals surface area contributed by atoms with Crippen LogP contribution in [0.2, 0.25) is 5.02 Å². The number of amides is 1. The first-order valence-corrected chi connectivity index (χ1v) is 9.31. The molecule has 1 amide bonds. The molecule has 25 heavy (non-hydrogen) atoms. The number of nitrogens with zero attached hydrogens (tertiary/aromatic N) is 4. The molecule has 0 fully saturated rings. The molecule has 3 rings (SSSR count). The standard InChI is InChI=1S/C17H19ClN4O2S/c1-3-21-8-7-13(20-21)16(23)19-17-22(9-10-24-4-2)14-6-5-12(18)11-15(14)25-17/h5-8,11H,3-4,9-10H2,1-2H3. The van der Waals surface area contributed by atoms with Gasteiger partial charge in [-0.1, -0.05) is 22.9 Å². The summed E-state index contributed by atoms with van der Waals surface area (Å²) < 4.78 is 10.1. The van der Waals surface area contributed by atoms with Crippen LogP contribution in [0, 0.1) is 0 Å². The Balaban J connectivity index is 2.03. The molecular weight excluding hydrogens is 360 g/mol. The van der Waals surface area contributed by atoms with Gasteiger partial charge in [0, 0.05) is 30.9 Å². The lowest BCUT2D eigenvalue weighted by Crippen LogP contribution is -2.20. The predicted molar refractivity (Wildman–Crippen MR) is 99.1 cm³/mol. The van der Waals surface area contributed by atoms with E-state index in [0.29, 0.717) is 41.8 Å². The van der Waals surface area contributed by atoms with Gasteiger partial charge in [-0.3, -0.25) is 9.48 Å². The Labute approximate surface area is 154 Å². The van der Waals surface area contributed by atoms with Crippen LogP contribution in [-0.2, 0) is 17.8 Å². The Morgan fingerprint density at radius 3 is 2.92 bits per heavy atom. The Morgan fingerprint density at radius 2 is 2.20 bits per heavy atom. The number of hydrogen-bond donors (Lipinski definition) is 0. The Morgan fingerprint density at radius 1 is 1.36 bits per heavy atom. The van der Waals surface area contributed by atoms with Gasteiger partial charge in [-0.15, -0.1) is 0 Å². The van der Waals surface area contributed by atoms with E-state index in [9.17, 15) is 4.79 Å². The molecule has 0 atom stereocenters. The molecule has 6 nitrogen and oxygen atoms in total. The summed E-state index contributed by atoms with van der Waals surface area (Å²) in [6, 6.07) is 7.34. The van der Waals surface area contributed by atoms with Crippen LogP contribution in [0.1, 0.15) is 24.3 Å². The van der Waals surface area contributed by atoms with Gasteiger partial charge < -0.3 is 9.30 Å². The lowest BCUT2D eigenvalue weighted by atomic mass is 10.3. The maximum atomic E-state index is 12.5. The minimum atomic E-state index is -0.352. The number of aromatic nitrogens is 3. The van der Waals surface area contributed by atoms with Gasteiger partial charge >= 0.3 is 0 Å². The van der Waals surface area contributed by atoms with Crippen LogP contribution in [0.15, 0.2) is 35.5 Å². The van der Waals surface area contributed by atoms with E-state index in [4.69, 9.17) is 16.3 Å². The molecule has 0 unspecified atom stereocenters. The molecule has 8 heteroatoms. The highest BCUT2D eigenvalue weighted by molar-refractivity contribution is 7.16. The van der Waals surface area contributed by atoms with E-state index in [-0.39, 0.29) is 5.91 Å². The minimum absolute atomic E-state index is 0.341. The molecule has 0 aliphatic rings. The second kappa shape index (κ2) is 7.95. The van der Waals surface area contributed by atoms with Gasteiger partial charge in [0.15, 0.2) is 10.5 Å². The molecule has 132 valence electrons. The molecule has 0 saturated carbocycles. The number of aryl methyl sites for hydroxylation is 1. The highest BCUT2D eigenvalue weighted by Crippen LogP contribution is 2.22. The fraction of sp³-hybridized carbons (Fsp3) is 0.353. The highest BCUT2D eigenvalue weighted by atomic mass is 35.5. The van der Waals surface area contributed by atoms with Crippen molar-refractivity contribution in [3.8, 4) is 0 Å². The minimum Gasteiger partial charge on any atom is -0.380 e. The van der Waals surface area contributed by atoms with Gasteiger partial charge in [-0.2, -0.15) is 10.1 Å². The van der Waals surface area contributed by atoms with Crippen LogP contribution in [0.4, 0.5) is 0 Å². The molecule has 0 bridgehead atoms. The van der Waals surface area contributed by atoms with Crippen molar-refractivity contribution in [2.45, 2.75) is 26.9 Å². The third-order valence-electron chi connectivity index (χ3n) is 3.69. The van der Waals surface area contributed by atoms with Crippen LogP contribution in [-0.4, -0.2) is 33.5 Å². The molecule has 1 aromatic carbocycles. The van der Waals surface area contributed by atoms with Crippen LogP contribution in [0.25, 0.3) is 10.2 Å². The first-order valence-electron chi connectivity index (χ1n) is 8.11. The van der Waals surface area contributed by atoms with Crippen molar-refractivity contribution in [1.29, 1.82) is 0 Å². The van der Waals surface area contributed by atoms with Gasteiger partial charge in [-0.05, 0) is 38.1 Å². The summed E-state index contributed by atoms with van der Waals surface area (Å²) in [6.07, 6.45) is 1.77. The Hall–Kier alpha value is -1.96. The van der Waals surface area contributed by atoms with Crippen molar-refractivity contribution in [1.82, 2.24) is 14.3 Å². The number of benzene rings is 1. The topological polar surface area (TPSA) is 61.4 Å². The van der Waals surface area contributed by atoms with Crippen LogP contribution < -0.4 is 4.80 Å². The molecule has 0 radical (unpaired) electrons. The Bertz CT molecular complexity index is 957. The second-order valence-electron chi connectivity index (χ2n) is 5.32. The van der Waals surface area contributed by atoms with E-state index in [1.807, 2.05) is 36.6 Å². The fourth-order valence-corrected chi connectivity index (χ4v) is 3.78. The average Bonchev–Trinajstić information content (AvgIpc) is 3.20. The number of ether oxygens (including phenoxy) is 1. The third-order valence-corrected chi connectivity index (χ3v) is 4.97. The zero-order valence-electron chi connectivity index (χ0n) is 14.1. The van der Waals surface area contributed by atoms with E-state index >= 15 is 0 Å². The summed E-state index contributed by atoms with van der Waals surface area (Å²) in [5.74, 6) is -0.352. The molecule has 0 spiro atoms.